The van der Waals surface area contributed by atoms with Crippen LogP contribution in [0.3, 0.4) is 0 Å². The summed E-state index contributed by atoms with van der Waals surface area (Å²) in [5.41, 5.74) is -0.169. The highest BCUT2D eigenvalue weighted by Crippen LogP contribution is 2.18. The molecule has 0 aromatic heterocycles. The number of phenolic OH excluding ortho intramolecular Hbond substituents is 1. The molecule has 2 rings (SSSR count). The van der Waals surface area contributed by atoms with Gasteiger partial charge in [-0.15, -0.1) is 0 Å². The molecule has 2 N–H and O–H groups in total. The SMILES string of the molecule is CN1CCC(NC(=O)c2cc(F)ccc2O)C1=O. The van der Waals surface area contributed by atoms with E-state index < -0.39 is 17.8 Å². The molecule has 0 radical (unpaired) electrons. The fraction of sp³-hybridized carbons (Fsp3) is 0.333. The third-order valence-electron chi connectivity index (χ3n) is 2.94. The molecule has 1 aromatic rings. The second-order valence-corrected chi connectivity index (χ2v) is 4.24. The Morgan fingerprint density at radius 1 is 1.56 bits per heavy atom. The van der Waals surface area contributed by atoms with E-state index in [1.54, 1.807) is 7.05 Å². The predicted molar refractivity (Wildman–Crippen MR) is 61.6 cm³/mol. The molecule has 0 aliphatic carbocycles. The summed E-state index contributed by atoms with van der Waals surface area (Å²) in [6.45, 7) is 0.568. The summed E-state index contributed by atoms with van der Waals surface area (Å²) in [6.07, 6.45) is 0.511. The lowest BCUT2D eigenvalue weighted by Gasteiger charge is -2.12. The molecule has 0 spiro atoms. The van der Waals surface area contributed by atoms with Crippen LogP contribution in [-0.2, 0) is 4.79 Å². The number of likely N-dealkylation sites (N-methyl/N-ethyl adjacent to an activating group) is 1. The average molecular weight is 252 g/mol. The van der Waals surface area contributed by atoms with E-state index in [1.165, 1.54) is 4.90 Å². The smallest absolute Gasteiger partial charge is 0.255 e. The monoisotopic (exact) mass is 252 g/mol. The van der Waals surface area contributed by atoms with Crippen molar-refractivity contribution < 1.29 is 19.1 Å². The highest BCUT2D eigenvalue weighted by Gasteiger charge is 2.30. The minimum absolute atomic E-state index is 0.169. The number of carbonyl (C=O) groups excluding carboxylic acids is 2. The van der Waals surface area contributed by atoms with Gasteiger partial charge in [0.15, 0.2) is 0 Å². The summed E-state index contributed by atoms with van der Waals surface area (Å²) in [5, 5.41) is 12.0. The van der Waals surface area contributed by atoms with Gasteiger partial charge < -0.3 is 15.3 Å². The number of rotatable bonds is 2. The summed E-state index contributed by atoms with van der Waals surface area (Å²) in [5.74, 6) is -1.76. The van der Waals surface area contributed by atoms with Crippen LogP contribution in [-0.4, -0.2) is 41.5 Å². The molecule has 0 bridgehead atoms. The van der Waals surface area contributed by atoms with Crippen molar-refractivity contribution in [3.05, 3.63) is 29.6 Å². The van der Waals surface area contributed by atoms with Gasteiger partial charge >= 0.3 is 0 Å². The van der Waals surface area contributed by atoms with Gasteiger partial charge in [0, 0.05) is 13.6 Å². The molecule has 6 heteroatoms. The Morgan fingerprint density at radius 3 is 2.89 bits per heavy atom. The zero-order valence-electron chi connectivity index (χ0n) is 9.81. The van der Waals surface area contributed by atoms with Crippen LogP contribution in [0.1, 0.15) is 16.8 Å². The fourth-order valence-corrected chi connectivity index (χ4v) is 1.88. The van der Waals surface area contributed by atoms with Gasteiger partial charge in [-0.2, -0.15) is 0 Å². The molecule has 1 atom stereocenters. The Morgan fingerprint density at radius 2 is 2.28 bits per heavy atom. The Labute approximate surface area is 103 Å². The zero-order valence-corrected chi connectivity index (χ0v) is 9.81. The second-order valence-electron chi connectivity index (χ2n) is 4.24. The Bertz CT molecular complexity index is 504. The van der Waals surface area contributed by atoms with Gasteiger partial charge in [-0.05, 0) is 24.6 Å². The van der Waals surface area contributed by atoms with Crippen molar-refractivity contribution in [3.8, 4) is 5.75 Å². The van der Waals surface area contributed by atoms with E-state index in [-0.39, 0.29) is 17.2 Å². The standard InChI is InChI=1S/C12H13FN2O3/c1-15-5-4-9(12(15)18)14-11(17)8-6-7(13)2-3-10(8)16/h2-3,6,9,16H,4-5H2,1H3,(H,14,17). The summed E-state index contributed by atoms with van der Waals surface area (Å²) >= 11 is 0. The van der Waals surface area contributed by atoms with Crippen molar-refractivity contribution in [2.45, 2.75) is 12.5 Å². The number of nitrogens with one attached hydrogen (secondary N) is 1. The molecule has 1 aliphatic heterocycles. The van der Waals surface area contributed by atoms with E-state index in [9.17, 15) is 19.1 Å². The Balaban J connectivity index is 2.13. The Kier molecular flexibility index (Phi) is 3.18. The summed E-state index contributed by atoms with van der Waals surface area (Å²) in [4.78, 5) is 24.9. The molecule has 1 saturated heterocycles. The molecule has 18 heavy (non-hydrogen) atoms. The number of likely N-dealkylation sites (tertiary alicyclic amines) is 1. The van der Waals surface area contributed by atoms with Crippen molar-refractivity contribution in [1.82, 2.24) is 10.2 Å². The maximum absolute atomic E-state index is 13.0. The molecule has 1 aliphatic rings. The topological polar surface area (TPSA) is 69.6 Å². The molecule has 5 nitrogen and oxygen atoms in total. The van der Waals surface area contributed by atoms with Crippen LogP contribution in [0.4, 0.5) is 4.39 Å². The Hall–Kier alpha value is -2.11. The van der Waals surface area contributed by atoms with Gasteiger partial charge in [-0.1, -0.05) is 0 Å². The summed E-state index contributed by atoms with van der Waals surface area (Å²) in [7, 11) is 1.65. The first-order chi connectivity index (χ1) is 8.49. The quantitative estimate of drug-likeness (QED) is 0.805. The lowest BCUT2D eigenvalue weighted by atomic mass is 10.1. The van der Waals surface area contributed by atoms with Crippen molar-refractivity contribution in [2.24, 2.45) is 0 Å². The highest BCUT2D eigenvalue weighted by molar-refractivity contribution is 5.99. The van der Waals surface area contributed by atoms with E-state index in [1.807, 2.05) is 0 Å². The van der Waals surface area contributed by atoms with Crippen molar-refractivity contribution in [1.29, 1.82) is 0 Å². The van der Waals surface area contributed by atoms with Gasteiger partial charge in [-0.25, -0.2) is 4.39 Å². The lowest BCUT2D eigenvalue weighted by molar-refractivity contribution is -0.128. The van der Waals surface area contributed by atoms with Gasteiger partial charge in [0.05, 0.1) is 5.56 Å². The van der Waals surface area contributed by atoms with Crippen LogP contribution in [0.2, 0.25) is 0 Å². The molecule has 0 saturated carbocycles. The molecule has 1 heterocycles. The number of amides is 2. The number of nitrogens with zero attached hydrogens (tertiary/aromatic N) is 1. The van der Waals surface area contributed by atoms with Gasteiger partial charge in [0.2, 0.25) is 5.91 Å². The van der Waals surface area contributed by atoms with Crippen LogP contribution >= 0.6 is 0 Å². The van der Waals surface area contributed by atoms with E-state index in [0.29, 0.717) is 13.0 Å². The normalized spacial score (nSPS) is 19.1. The first-order valence-corrected chi connectivity index (χ1v) is 5.53. The zero-order chi connectivity index (χ0) is 13.3. The van der Waals surface area contributed by atoms with Crippen LogP contribution in [0, 0.1) is 5.82 Å². The predicted octanol–water partition coefficient (Wildman–Crippen LogP) is 0.492. The number of phenols is 1. The molecule has 96 valence electrons. The van der Waals surface area contributed by atoms with Crippen molar-refractivity contribution >= 4 is 11.8 Å². The third-order valence-corrected chi connectivity index (χ3v) is 2.94. The molecule has 1 aromatic carbocycles. The van der Waals surface area contributed by atoms with Gasteiger partial charge in [0.1, 0.15) is 17.6 Å². The second kappa shape index (κ2) is 4.64. The highest BCUT2D eigenvalue weighted by atomic mass is 19.1. The van der Waals surface area contributed by atoms with Crippen LogP contribution in [0.5, 0.6) is 5.75 Å². The van der Waals surface area contributed by atoms with E-state index in [2.05, 4.69) is 5.32 Å². The lowest BCUT2D eigenvalue weighted by Crippen LogP contribution is -2.40. The molecule has 1 unspecified atom stereocenters. The van der Waals surface area contributed by atoms with E-state index in [4.69, 9.17) is 0 Å². The maximum atomic E-state index is 13.0. The summed E-state index contributed by atoms with van der Waals surface area (Å²) in [6, 6.07) is 2.49. The van der Waals surface area contributed by atoms with Crippen LogP contribution in [0.25, 0.3) is 0 Å². The third kappa shape index (κ3) is 2.27. The largest absolute Gasteiger partial charge is 0.507 e. The van der Waals surface area contributed by atoms with Crippen LogP contribution in [0.15, 0.2) is 18.2 Å². The van der Waals surface area contributed by atoms with Crippen molar-refractivity contribution in [2.75, 3.05) is 13.6 Å². The minimum Gasteiger partial charge on any atom is -0.507 e. The molecular formula is C12H13FN2O3. The summed E-state index contributed by atoms with van der Waals surface area (Å²) < 4.78 is 13.0. The number of aromatic hydroxyl groups is 1. The molecule has 2 amide bonds. The number of halogens is 1. The van der Waals surface area contributed by atoms with Crippen LogP contribution < -0.4 is 5.32 Å². The van der Waals surface area contributed by atoms with Crippen molar-refractivity contribution in [3.63, 3.8) is 0 Å². The van der Waals surface area contributed by atoms with E-state index in [0.717, 1.165) is 18.2 Å². The average Bonchev–Trinajstić information content (AvgIpc) is 2.64. The number of carbonyl (C=O) groups is 2. The molecular weight excluding hydrogens is 239 g/mol. The number of hydrogen-bond acceptors (Lipinski definition) is 3. The first kappa shape index (κ1) is 12.3. The molecule has 1 fully saturated rings. The fourth-order valence-electron chi connectivity index (χ4n) is 1.88. The van der Waals surface area contributed by atoms with Gasteiger partial charge in [0.25, 0.3) is 5.91 Å². The first-order valence-electron chi connectivity index (χ1n) is 5.53. The number of hydrogen-bond donors (Lipinski definition) is 2. The number of benzene rings is 1. The maximum Gasteiger partial charge on any atom is 0.255 e. The minimum atomic E-state index is -0.652. The van der Waals surface area contributed by atoms with Gasteiger partial charge in [-0.3, -0.25) is 9.59 Å². The van der Waals surface area contributed by atoms with E-state index >= 15 is 0 Å².